The number of esters is 1. The Morgan fingerprint density at radius 2 is 1.69 bits per heavy atom. The maximum absolute atomic E-state index is 13.3. The molecular weight excluding hydrogens is 326 g/mol. The highest BCUT2D eigenvalue weighted by molar-refractivity contribution is 5.80. The van der Waals surface area contributed by atoms with Gasteiger partial charge in [-0.3, -0.25) is 9.59 Å². The third-order valence-corrected chi connectivity index (χ3v) is 6.53. The minimum atomic E-state index is -0.244. The van der Waals surface area contributed by atoms with Crippen molar-refractivity contribution in [3.05, 3.63) is 0 Å². The van der Waals surface area contributed by atoms with E-state index in [9.17, 15) is 9.59 Å². The van der Waals surface area contributed by atoms with Crippen LogP contribution in [0, 0.1) is 17.8 Å². The lowest BCUT2D eigenvalue weighted by Crippen LogP contribution is -2.48. The van der Waals surface area contributed by atoms with Gasteiger partial charge in [0.2, 0.25) is 5.91 Å². The van der Waals surface area contributed by atoms with Crippen LogP contribution >= 0.6 is 0 Å². The van der Waals surface area contributed by atoms with Crippen LogP contribution in [0.1, 0.15) is 90.9 Å². The molecule has 1 unspecified atom stereocenters. The molecular formula is C22H39NO3. The molecule has 2 aliphatic rings. The molecule has 150 valence electrons. The molecule has 0 heterocycles. The number of ether oxygens (including phenoxy) is 1. The maximum atomic E-state index is 13.3. The summed E-state index contributed by atoms with van der Waals surface area (Å²) >= 11 is 0. The van der Waals surface area contributed by atoms with Crippen LogP contribution < -0.4 is 0 Å². The lowest BCUT2D eigenvalue weighted by Gasteiger charge is -2.39. The van der Waals surface area contributed by atoms with Gasteiger partial charge in [0.25, 0.3) is 0 Å². The van der Waals surface area contributed by atoms with E-state index in [1.807, 2.05) is 6.92 Å². The van der Waals surface area contributed by atoms with Crippen LogP contribution in [-0.2, 0) is 14.3 Å². The maximum Gasteiger partial charge on any atom is 0.310 e. The van der Waals surface area contributed by atoms with Crippen LogP contribution in [0.5, 0.6) is 0 Å². The predicted octanol–water partition coefficient (Wildman–Crippen LogP) is 4.95. The number of hydrogen-bond donors (Lipinski definition) is 0. The third kappa shape index (κ3) is 5.99. The fourth-order valence-corrected chi connectivity index (χ4v) is 4.81. The number of rotatable bonds is 8. The van der Waals surface area contributed by atoms with Crippen molar-refractivity contribution in [1.82, 2.24) is 4.90 Å². The number of unbranched alkanes of at least 4 members (excludes halogenated alkanes) is 1. The molecule has 0 radical (unpaired) electrons. The molecule has 4 heteroatoms. The standard InChI is InChI=1S/C22H39NO3/c1-4-5-9-18-12-14-19(15-13-18)21(24)23(16-17(2)22(25)26-3)20-10-7-6-8-11-20/h17-20H,4-16H2,1-3H3. The highest BCUT2D eigenvalue weighted by Crippen LogP contribution is 2.34. The van der Waals surface area contributed by atoms with Crippen LogP contribution in [0.4, 0.5) is 0 Å². The Morgan fingerprint density at radius 3 is 2.27 bits per heavy atom. The molecule has 26 heavy (non-hydrogen) atoms. The molecule has 0 aliphatic heterocycles. The van der Waals surface area contributed by atoms with Gasteiger partial charge < -0.3 is 9.64 Å². The van der Waals surface area contributed by atoms with Gasteiger partial charge in [0.15, 0.2) is 0 Å². The fraction of sp³-hybridized carbons (Fsp3) is 0.909. The average Bonchev–Trinajstić information content (AvgIpc) is 2.70. The summed E-state index contributed by atoms with van der Waals surface area (Å²) in [5.74, 6) is 0.839. The van der Waals surface area contributed by atoms with Gasteiger partial charge in [-0.15, -0.1) is 0 Å². The van der Waals surface area contributed by atoms with Gasteiger partial charge in [-0.25, -0.2) is 0 Å². The molecule has 0 spiro atoms. The smallest absolute Gasteiger partial charge is 0.310 e. The summed E-state index contributed by atoms with van der Waals surface area (Å²) in [6, 6.07) is 0.321. The number of carbonyl (C=O) groups is 2. The Morgan fingerprint density at radius 1 is 1.04 bits per heavy atom. The minimum Gasteiger partial charge on any atom is -0.469 e. The van der Waals surface area contributed by atoms with Gasteiger partial charge >= 0.3 is 5.97 Å². The first-order chi connectivity index (χ1) is 12.6. The first-order valence-corrected chi connectivity index (χ1v) is 10.9. The van der Waals surface area contributed by atoms with Gasteiger partial charge in [0.1, 0.15) is 0 Å². The molecule has 0 aromatic rings. The number of methoxy groups -OCH3 is 1. The lowest BCUT2D eigenvalue weighted by molar-refractivity contribution is -0.148. The summed E-state index contributed by atoms with van der Waals surface area (Å²) in [6.07, 6.45) is 14.2. The zero-order valence-electron chi connectivity index (χ0n) is 17.2. The molecule has 2 saturated carbocycles. The number of hydrogen-bond acceptors (Lipinski definition) is 3. The SMILES string of the molecule is CCCCC1CCC(C(=O)N(CC(C)C(=O)OC)C2CCCCC2)CC1. The summed E-state index contributed by atoms with van der Waals surface area (Å²) in [4.78, 5) is 27.3. The van der Waals surface area contributed by atoms with Crippen LogP contribution in [0.25, 0.3) is 0 Å². The largest absolute Gasteiger partial charge is 0.469 e. The van der Waals surface area contributed by atoms with Crippen molar-refractivity contribution in [2.75, 3.05) is 13.7 Å². The van der Waals surface area contributed by atoms with Gasteiger partial charge in [-0.1, -0.05) is 52.4 Å². The van der Waals surface area contributed by atoms with E-state index in [0.717, 1.165) is 31.6 Å². The molecule has 0 saturated heterocycles. The summed E-state index contributed by atoms with van der Waals surface area (Å²) in [5, 5.41) is 0. The Bertz CT molecular complexity index is 437. The van der Waals surface area contributed by atoms with E-state index in [0.29, 0.717) is 18.5 Å². The number of carbonyl (C=O) groups excluding carboxylic acids is 2. The summed E-state index contributed by atoms with van der Waals surface area (Å²) in [5.41, 5.74) is 0. The monoisotopic (exact) mass is 365 g/mol. The molecule has 0 bridgehead atoms. The quantitative estimate of drug-likeness (QED) is 0.572. The lowest BCUT2D eigenvalue weighted by atomic mass is 9.79. The second-order valence-corrected chi connectivity index (χ2v) is 8.57. The molecule has 0 aromatic carbocycles. The molecule has 2 rings (SSSR count). The second kappa shape index (κ2) is 10.9. The number of amides is 1. The number of nitrogens with zero attached hydrogens (tertiary/aromatic N) is 1. The van der Waals surface area contributed by atoms with Crippen molar-refractivity contribution < 1.29 is 14.3 Å². The topological polar surface area (TPSA) is 46.6 Å². The van der Waals surface area contributed by atoms with Gasteiger partial charge in [0.05, 0.1) is 13.0 Å². The zero-order chi connectivity index (χ0) is 18.9. The van der Waals surface area contributed by atoms with Crippen molar-refractivity contribution >= 4 is 11.9 Å². The summed E-state index contributed by atoms with van der Waals surface area (Å²) in [7, 11) is 1.43. The van der Waals surface area contributed by atoms with Crippen LogP contribution in [0.15, 0.2) is 0 Å². The van der Waals surface area contributed by atoms with Crippen molar-refractivity contribution in [3.63, 3.8) is 0 Å². The highest BCUT2D eigenvalue weighted by atomic mass is 16.5. The van der Waals surface area contributed by atoms with E-state index >= 15 is 0 Å². The molecule has 0 aromatic heterocycles. The zero-order valence-corrected chi connectivity index (χ0v) is 17.2. The Balaban J connectivity index is 1.97. The first kappa shape index (κ1) is 21.2. The molecule has 2 fully saturated rings. The van der Waals surface area contributed by atoms with Crippen molar-refractivity contribution in [2.24, 2.45) is 17.8 Å². The third-order valence-electron chi connectivity index (χ3n) is 6.53. The molecule has 2 aliphatic carbocycles. The highest BCUT2D eigenvalue weighted by Gasteiger charge is 2.34. The van der Waals surface area contributed by atoms with Gasteiger partial charge in [-0.05, 0) is 44.4 Å². The van der Waals surface area contributed by atoms with Crippen LogP contribution in [0.2, 0.25) is 0 Å². The van der Waals surface area contributed by atoms with E-state index < -0.39 is 0 Å². The Kier molecular flexibility index (Phi) is 8.94. The Labute approximate surface area is 160 Å². The molecule has 1 atom stereocenters. The van der Waals surface area contributed by atoms with Crippen LogP contribution in [-0.4, -0.2) is 36.5 Å². The van der Waals surface area contributed by atoms with E-state index in [1.165, 1.54) is 58.5 Å². The normalized spacial score (nSPS) is 25.5. The van der Waals surface area contributed by atoms with Gasteiger partial charge in [-0.2, -0.15) is 0 Å². The second-order valence-electron chi connectivity index (χ2n) is 8.57. The molecule has 4 nitrogen and oxygen atoms in total. The van der Waals surface area contributed by atoms with Crippen molar-refractivity contribution in [2.45, 2.75) is 96.9 Å². The van der Waals surface area contributed by atoms with Gasteiger partial charge in [0, 0.05) is 18.5 Å². The van der Waals surface area contributed by atoms with E-state index in [4.69, 9.17) is 4.74 Å². The van der Waals surface area contributed by atoms with E-state index in [1.54, 1.807) is 0 Å². The van der Waals surface area contributed by atoms with E-state index in [-0.39, 0.29) is 17.8 Å². The average molecular weight is 366 g/mol. The fourth-order valence-electron chi connectivity index (χ4n) is 4.81. The first-order valence-electron chi connectivity index (χ1n) is 10.9. The minimum absolute atomic E-state index is 0.166. The molecule has 0 N–H and O–H groups in total. The van der Waals surface area contributed by atoms with Crippen molar-refractivity contribution in [3.8, 4) is 0 Å². The molecule has 1 amide bonds. The Hall–Kier alpha value is -1.06. The summed E-state index contributed by atoms with van der Waals surface area (Å²) in [6.45, 7) is 4.65. The summed E-state index contributed by atoms with van der Waals surface area (Å²) < 4.78 is 4.90. The van der Waals surface area contributed by atoms with Crippen molar-refractivity contribution in [1.29, 1.82) is 0 Å². The van der Waals surface area contributed by atoms with Crippen LogP contribution in [0.3, 0.4) is 0 Å². The predicted molar refractivity (Wildman–Crippen MR) is 105 cm³/mol. The van der Waals surface area contributed by atoms with E-state index in [2.05, 4.69) is 11.8 Å².